The summed E-state index contributed by atoms with van der Waals surface area (Å²) in [7, 11) is 0. The van der Waals surface area contributed by atoms with Gasteiger partial charge in [-0.15, -0.1) is 0 Å². The number of carboxylic acid groups (broad SMARTS) is 1. The van der Waals surface area contributed by atoms with E-state index in [9.17, 15) is 20.1 Å². The first-order valence-electron chi connectivity index (χ1n) is 8.52. The Morgan fingerprint density at radius 2 is 2.09 bits per heavy atom. The first kappa shape index (κ1) is 18.2. The van der Waals surface area contributed by atoms with Gasteiger partial charge in [-0.3, -0.25) is 4.79 Å². The zero-order valence-electron chi connectivity index (χ0n) is 13.6. The zero-order chi connectivity index (χ0) is 17.0. The third-order valence-corrected chi connectivity index (χ3v) is 5.16. The number of rotatable bonds is 7. The number of carbonyl (C=O) groups is 1. The van der Waals surface area contributed by atoms with Gasteiger partial charge < -0.3 is 20.4 Å². The predicted octanol–water partition coefficient (Wildman–Crippen LogP) is 1.87. The highest BCUT2D eigenvalue weighted by atomic mass is 16.4. The maximum absolute atomic E-state index is 10.5. The summed E-state index contributed by atoms with van der Waals surface area (Å²) < 4.78 is 0. The second-order valence-electron chi connectivity index (χ2n) is 6.98. The van der Waals surface area contributed by atoms with Crippen molar-refractivity contribution in [2.45, 2.75) is 63.8 Å². The van der Waals surface area contributed by atoms with Crippen LogP contribution in [0.5, 0.6) is 0 Å². The Kier molecular flexibility index (Phi) is 6.39. The average Bonchev–Trinajstić information content (AvgIpc) is 2.45. The quantitative estimate of drug-likeness (QED) is 0.573. The van der Waals surface area contributed by atoms with Crippen LogP contribution < -0.4 is 0 Å². The first-order valence-corrected chi connectivity index (χ1v) is 8.52. The van der Waals surface area contributed by atoms with Crippen molar-refractivity contribution in [1.29, 1.82) is 0 Å². The minimum atomic E-state index is -1.06. The molecule has 0 radical (unpaired) electrons. The minimum Gasteiger partial charge on any atom is -0.481 e. The molecule has 0 aromatic rings. The van der Waals surface area contributed by atoms with Crippen LogP contribution in [0.2, 0.25) is 0 Å². The molecule has 0 saturated carbocycles. The number of allylic oxidation sites excluding steroid dienone is 3. The molecule has 0 saturated heterocycles. The molecule has 0 fully saturated rings. The fourth-order valence-electron chi connectivity index (χ4n) is 3.95. The van der Waals surface area contributed by atoms with E-state index in [2.05, 4.69) is 25.2 Å². The second-order valence-corrected chi connectivity index (χ2v) is 6.98. The molecule has 2 rings (SSSR count). The molecule has 130 valence electrons. The molecule has 0 unspecified atom stereocenters. The molecule has 6 atom stereocenters. The molecule has 23 heavy (non-hydrogen) atoms. The van der Waals surface area contributed by atoms with E-state index in [0.29, 0.717) is 12.3 Å². The molecular formula is C18H28O5. The summed E-state index contributed by atoms with van der Waals surface area (Å²) in [6, 6.07) is 0. The van der Waals surface area contributed by atoms with Gasteiger partial charge in [0.1, 0.15) is 0 Å². The molecule has 0 bridgehead atoms. The molecule has 0 heterocycles. The van der Waals surface area contributed by atoms with Crippen molar-refractivity contribution < 1.29 is 25.2 Å². The van der Waals surface area contributed by atoms with E-state index in [-0.39, 0.29) is 30.8 Å². The fraction of sp³-hybridized carbons (Fsp3) is 0.722. The summed E-state index contributed by atoms with van der Waals surface area (Å²) in [5.41, 5.74) is 1.20. The highest BCUT2D eigenvalue weighted by Crippen LogP contribution is 2.42. The maximum Gasteiger partial charge on any atom is 0.305 e. The van der Waals surface area contributed by atoms with Gasteiger partial charge in [0.2, 0.25) is 0 Å². The molecule has 4 N–H and O–H groups in total. The van der Waals surface area contributed by atoms with Crippen LogP contribution in [0.1, 0.15) is 45.4 Å². The number of aliphatic hydroxyl groups excluding tert-OH is 3. The largest absolute Gasteiger partial charge is 0.481 e. The van der Waals surface area contributed by atoms with Crippen molar-refractivity contribution in [2.75, 3.05) is 0 Å². The van der Waals surface area contributed by atoms with Gasteiger partial charge in [0.15, 0.2) is 0 Å². The van der Waals surface area contributed by atoms with Crippen molar-refractivity contribution >= 4 is 5.97 Å². The lowest BCUT2D eigenvalue weighted by Gasteiger charge is -2.40. The van der Waals surface area contributed by atoms with Crippen LogP contribution in [0.25, 0.3) is 0 Å². The van der Waals surface area contributed by atoms with Gasteiger partial charge in [0, 0.05) is 5.92 Å². The molecule has 0 spiro atoms. The van der Waals surface area contributed by atoms with Crippen LogP contribution in [0.15, 0.2) is 23.8 Å². The number of hydrogen-bond donors (Lipinski definition) is 4. The van der Waals surface area contributed by atoms with Gasteiger partial charge >= 0.3 is 5.97 Å². The molecule has 0 aromatic heterocycles. The van der Waals surface area contributed by atoms with Crippen LogP contribution in [0.3, 0.4) is 0 Å². The fourth-order valence-corrected chi connectivity index (χ4v) is 3.95. The van der Waals surface area contributed by atoms with E-state index in [1.165, 1.54) is 5.57 Å². The highest BCUT2D eigenvalue weighted by molar-refractivity contribution is 5.67. The van der Waals surface area contributed by atoms with E-state index in [1.54, 1.807) is 0 Å². The Bertz CT molecular complexity index is 470. The molecule has 2 aliphatic carbocycles. The Balaban J connectivity index is 1.90. The third kappa shape index (κ3) is 4.90. The van der Waals surface area contributed by atoms with Crippen molar-refractivity contribution in [3.05, 3.63) is 23.8 Å². The molecule has 0 aromatic carbocycles. The van der Waals surface area contributed by atoms with E-state index >= 15 is 0 Å². The van der Waals surface area contributed by atoms with E-state index < -0.39 is 18.2 Å². The SMILES string of the molecule is C[C@@H]1C=CC2=CCC[C@@H](O)[C@@H]2[C@@H]1CC[C@H](O)C[C@H](O)CC(=O)O. The monoisotopic (exact) mass is 324 g/mol. The lowest BCUT2D eigenvalue weighted by atomic mass is 9.66. The molecule has 0 amide bonds. The van der Waals surface area contributed by atoms with Crippen molar-refractivity contribution in [2.24, 2.45) is 17.8 Å². The summed E-state index contributed by atoms with van der Waals surface area (Å²) in [5.74, 6) is -0.329. The number of carboxylic acids is 1. The predicted molar refractivity (Wildman–Crippen MR) is 86.7 cm³/mol. The van der Waals surface area contributed by atoms with Crippen LogP contribution in [-0.4, -0.2) is 44.7 Å². The minimum absolute atomic E-state index is 0.0825. The number of hydrogen-bond acceptors (Lipinski definition) is 4. The lowest BCUT2D eigenvalue weighted by molar-refractivity contribution is -0.139. The maximum atomic E-state index is 10.5. The van der Waals surface area contributed by atoms with Crippen LogP contribution in [-0.2, 0) is 4.79 Å². The average molecular weight is 324 g/mol. The second kappa shape index (κ2) is 8.08. The van der Waals surface area contributed by atoms with Gasteiger partial charge in [-0.2, -0.15) is 0 Å². The normalized spacial score (nSPS) is 32.8. The van der Waals surface area contributed by atoms with Gasteiger partial charge in [-0.05, 0) is 49.5 Å². The Morgan fingerprint density at radius 1 is 1.35 bits per heavy atom. The van der Waals surface area contributed by atoms with Gasteiger partial charge in [0.05, 0.1) is 24.7 Å². The number of fused-ring (bicyclic) bond motifs is 1. The topological polar surface area (TPSA) is 98.0 Å². The zero-order valence-corrected chi connectivity index (χ0v) is 13.6. The molecular weight excluding hydrogens is 296 g/mol. The summed E-state index contributed by atoms with van der Waals surface area (Å²) >= 11 is 0. The third-order valence-electron chi connectivity index (χ3n) is 5.16. The Morgan fingerprint density at radius 3 is 2.78 bits per heavy atom. The molecule has 5 heteroatoms. The molecule has 0 aliphatic heterocycles. The first-order chi connectivity index (χ1) is 10.9. The molecule has 2 aliphatic rings. The van der Waals surface area contributed by atoms with Gasteiger partial charge in [0.25, 0.3) is 0 Å². The van der Waals surface area contributed by atoms with E-state index in [1.807, 2.05) is 0 Å². The Hall–Kier alpha value is -1.17. The smallest absolute Gasteiger partial charge is 0.305 e. The molecule has 5 nitrogen and oxygen atoms in total. The number of aliphatic carboxylic acids is 1. The van der Waals surface area contributed by atoms with Crippen LogP contribution in [0, 0.1) is 17.8 Å². The highest BCUT2D eigenvalue weighted by Gasteiger charge is 2.37. The van der Waals surface area contributed by atoms with E-state index in [4.69, 9.17) is 5.11 Å². The van der Waals surface area contributed by atoms with Crippen molar-refractivity contribution in [3.63, 3.8) is 0 Å². The number of aliphatic hydroxyl groups is 3. The van der Waals surface area contributed by atoms with Crippen LogP contribution >= 0.6 is 0 Å². The Labute approximate surface area is 137 Å². The standard InChI is InChI=1S/C18H28O5/c1-11-5-6-12-3-2-4-16(21)18(12)15(11)8-7-13(19)9-14(20)10-17(22)23/h3,5-6,11,13-16,18-21H,2,4,7-10H2,1H3,(H,22,23)/t11-,13+,14+,15-,16-,18+/m1/s1. The van der Waals surface area contributed by atoms with Gasteiger partial charge in [-0.25, -0.2) is 0 Å². The van der Waals surface area contributed by atoms with Gasteiger partial charge in [-0.1, -0.05) is 25.2 Å². The summed E-state index contributed by atoms with van der Waals surface area (Å²) in [4.78, 5) is 10.5. The summed E-state index contributed by atoms with van der Waals surface area (Å²) in [6.07, 6.45) is 7.11. The van der Waals surface area contributed by atoms with E-state index in [0.717, 1.165) is 19.3 Å². The summed E-state index contributed by atoms with van der Waals surface area (Å²) in [5, 5.41) is 38.7. The van der Waals surface area contributed by atoms with Crippen molar-refractivity contribution in [1.82, 2.24) is 0 Å². The summed E-state index contributed by atoms with van der Waals surface area (Å²) in [6.45, 7) is 2.13. The lowest BCUT2D eigenvalue weighted by Crippen LogP contribution is -2.37. The van der Waals surface area contributed by atoms with Crippen molar-refractivity contribution in [3.8, 4) is 0 Å². The van der Waals surface area contributed by atoms with Crippen LogP contribution in [0.4, 0.5) is 0 Å².